The molecule has 0 unspecified atom stereocenters. The third-order valence-electron chi connectivity index (χ3n) is 7.91. The quantitative estimate of drug-likeness (QED) is 0.158. The Bertz CT molecular complexity index is 1810. The topological polar surface area (TPSA) is 105 Å². The maximum Gasteiger partial charge on any atom is 0.264 e. The van der Waals surface area contributed by atoms with Gasteiger partial charge < -0.3 is 19.7 Å². The summed E-state index contributed by atoms with van der Waals surface area (Å²) in [6, 6.07) is 23.8. The molecule has 4 rings (SSSR count). The lowest BCUT2D eigenvalue weighted by Crippen LogP contribution is -2.54. The lowest BCUT2D eigenvalue weighted by molar-refractivity contribution is -0.140. The predicted octanol–water partition coefficient (Wildman–Crippen LogP) is 6.25. The Kier molecular flexibility index (Phi) is 12.4. The van der Waals surface area contributed by atoms with Gasteiger partial charge in [-0.2, -0.15) is 0 Å². The molecule has 0 heterocycles. The Morgan fingerprint density at radius 1 is 0.896 bits per heavy atom. The lowest BCUT2D eigenvalue weighted by atomic mass is 10.0. The predicted molar refractivity (Wildman–Crippen MR) is 184 cm³/mol. The molecule has 0 fully saturated rings. The average Bonchev–Trinajstić information content (AvgIpc) is 3.09. The highest BCUT2D eigenvalue weighted by Gasteiger charge is 2.35. The summed E-state index contributed by atoms with van der Waals surface area (Å²) < 4.78 is 55.3. The molecule has 254 valence electrons. The third kappa shape index (κ3) is 8.84. The molecule has 4 aromatic rings. The van der Waals surface area contributed by atoms with Gasteiger partial charge >= 0.3 is 0 Å². The fraction of sp³-hybridized carbons (Fsp3) is 0.278. The molecule has 0 spiro atoms. The van der Waals surface area contributed by atoms with Gasteiger partial charge in [0.05, 0.1) is 24.8 Å². The molecule has 12 heteroatoms. The van der Waals surface area contributed by atoms with Crippen LogP contribution in [0.25, 0.3) is 0 Å². The second kappa shape index (κ2) is 16.5. The van der Waals surface area contributed by atoms with Gasteiger partial charge in [0, 0.05) is 35.7 Å². The zero-order valence-corrected chi connectivity index (χ0v) is 28.8. The van der Waals surface area contributed by atoms with Crippen molar-refractivity contribution in [1.82, 2.24) is 10.2 Å². The van der Waals surface area contributed by atoms with Crippen molar-refractivity contribution in [3.63, 3.8) is 0 Å². The first-order chi connectivity index (χ1) is 23.0. The molecule has 0 aromatic heterocycles. The van der Waals surface area contributed by atoms with Crippen molar-refractivity contribution in [3.05, 3.63) is 119 Å². The van der Waals surface area contributed by atoms with Crippen LogP contribution in [0.3, 0.4) is 0 Å². The van der Waals surface area contributed by atoms with Crippen LogP contribution in [-0.2, 0) is 32.6 Å². The number of hydrogen-bond acceptors (Lipinski definition) is 6. The molecule has 48 heavy (non-hydrogen) atoms. The smallest absolute Gasteiger partial charge is 0.264 e. The van der Waals surface area contributed by atoms with Crippen LogP contribution in [-0.4, -0.2) is 58.0 Å². The molecule has 0 radical (unpaired) electrons. The van der Waals surface area contributed by atoms with E-state index < -0.39 is 40.2 Å². The highest BCUT2D eigenvalue weighted by Crippen LogP contribution is 2.33. The first-order valence-electron chi connectivity index (χ1n) is 15.4. The zero-order valence-electron chi connectivity index (χ0n) is 27.2. The van der Waals surface area contributed by atoms with Gasteiger partial charge in [-0.1, -0.05) is 67.1 Å². The summed E-state index contributed by atoms with van der Waals surface area (Å²) in [5.41, 5.74) is 1.08. The number of nitrogens with one attached hydrogen (secondary N) is 1. The van der Waals surface area contributed by atoms with Gasteiger partial charge in [0.15, 0.2) is 11.5 Å². The number of sulfonamides is 1. The number of methoxy groups -OCH3 is 2. The largest absolute Gasteiger partial charge is 0.493 e. The molecule has 4 aromatic carbocycles. The number of carbonyl (C=O) groups is 2. The summed E-state index contributed by atoms with van der Waals surface area (Å²) in [6.07, 6.45) is 0.742. The monoisotopic (exact) mass is 695 g/mol. The van der Waals surface area contributed by atoms with Gasteiger partial charge in [0.1, 0.15) is 18.4 Å². The second-order valence-electron chi connectivity index (χ2n) is 11.1. The van der Waals surface area contributed by atoms with E-state index in [1.165, 1.54) is 79.8 Å². The Morgan fingerprint density at radius 3 is 2.17 bits per heavy atom. The van der Waals surface area contributed by atoms with Crippen LogP contribution < -0.4 is 19.1 Å². The lowest BCUT2D eigenvalue weighted by Gasteiger charge is -2.34. The number of benzene rings is 4. The Hall–Kier alpha value is -4.61. The van der Waals surface area contributed by atoms with Crippen LogP contribution in [0, 0.1) is 5.82 Å². The third-order valence-corrected chi connectivity index (χ3v) is 9.93. The standard InChI is InChI=1S/C36H39ClFN3O6S/c1-5-25(2)39-36(43)32(21-26-11-7-6-8-12-26)40(23-27-13-9-10-14-31(27)38)35(42)24-41(29-17-15-28(37)16-18-29)48(44,45)30-19-20-33(46-3)34(22-30)47-4/h6-20,22,25,32H,5,21,23-24H2,1-4H3,(H,39,43)/t25-,32+/m1/s1. The fourth-order valence-electron chi connectivity index (χ4n) is 5.05. The van der Waals surface area contributed by atoms with Crippen LogP contribution in [0.5, 0.6) is 11.5 Å². The number of nitrogens with zero attached hydrogens (tertiary/aromatic N) is 2. The average molecular weight is 696 g/mol. The van der Waals surface area contributed by atoms with Crippen molar-refractivity contribution in [2.75, 3.05) is 25.1 Å². The van der Waals surface area contributed by atoms with Crippen molar-refractivity contribution >= 4 is 39.1 Å². The molecule has 2 atom stereocenters. The van der Waals surface area contributed by atoms with E-state index in [2.05, 4.69) is 5.32 Å². The summed E-state index contributed by atoms with van der Waals surface area (Å²) in [6.45, 7) is 2.76. The van der Waals surface area contributed by atoms with Gasteiger partial charge in [-0.3, -0.25) is 13.9 Å². The van der Waals surface area contributed by atoms with Crippen LogP contribution in [0.4, 0.5) is 10.1 Å². The number of anilines is 1. The van der Waals surface area contributed by atoms with E-state index in [4.69, 9.17) is 21.1 Å². The number of amides is 2. The summed E-state index contributed by atoms with van der Waals surface area (Å²) >= 11 is 6.14. The molecule has 1 N–H and O–H groups in total. The summed E-state index contributed by atoms with van der Waals surface area (Å²) in [7, 11) is -1.62. The summed E-state index contributed by atoms with van der Waals surface area (Å²) in [5.74, 6) is -1.25. The molecule has 2 amide bonds. The normalized spacial score (nSPS) is 12.5. The van der Waals surface area contributed by atoms with Crippen molar-refractivity contribution in [2.45, 2.75) is 50.2 Å². The molecular weight excluding hydrogens is 657 g/mol. The van der Waals surface area contributed by atoms with Crippen LogP contribution in [0.1, 0.15) is 31.4 Å². The molecule has 0 aliphatic rings. The number of rotatable bonds is 15. The highest BCUT2D eigenvalue weighted by molar-refractivity contribution is 7.92. The molecule has 0 saturated carbocycles. The van der Waals surface area contributed by atoms with E-state index in [0.717, 1.165) is 9.87 Å². The number of ether oxygens (including phenoxy) is 2. The molecular formula is C36H39ClFN3O6S. The Morgan fingerprint density at radius 2 is 1.54 bits per heavy atom. The number of hydrogen-bond donors (Lipinski definition) is 1. The molecule has 9 nitrogen and oxygen atoms in total. The first kappa shape index (κ1) is 36.2. The molecule has 0 saturated heterocycles. The maximum absolute atomic E-state index is 15.1. The second-order valence-corrected chi connectivity index (χ2v) is 13.4. The van der Waals surface area contributed by atoms with E-state index in [1.54, 1.807) is 6.07 Å². The van der Waals surface area contributed by atoms with E-state index in [9.17, 15) is 18.0 Å². The fourth-order valence-corrected chi connectivity index (χ4v) is 6.60. The van der Waals surface area contributed by atoms with Crippen LogP contribution in [0.15, 0.2) is 102 Å². The molecule has 0 bridgehead atoms. The maximum atomic E-state index is 15.1. The SMILES string of the molecule is CC[C@@H](C)NC(=O)[C@H](Cc1ccccc1)N(Cc1ccccc1F)C(=O)CN(c1ccc(Cl)cc1)S(=O)(=O)c1ccc(OC)c(OC)c1. The summed E-state index contributed by atoms with van der Waals surface area (Å²) in [5, 5.41) is 3.32. The van der Waals surface area contributed by atoms with Crippen molar-refractivity contribution in [3.8, 4) is 11.5 Å². The zero-order chi connectivity index (χ0) is 34.8. The minimum Gasteiger partial charge on any atom is -0.493 e. The molecule has 0 aliphatic carbocycles. The van der Waals surface area contributed by atoms with E-state index in [-0.39, 0.29) is 40.9 Å². The van der Waals surface area contributed by atoms with Crippen LogP contribution in [0.2, 0.25) is 5.02 Å². The van der Waals surface area contributed by atoms with Crippen molar-refractivity contribution < 1.29 is 31.9 Å². The minimum absolute atomic E-state index is 0.104. The van der Waals surface area contributed by atoms with E-state index in [0.29, 0.717) is 17.2 Å². The Labute approximate surface area is 286 Å². The Balaban J connectivity index is 1.84. The highest BCUT2D eigenvalue weighted by atomic mass is 35.5. The molecule has 0 aliphatic heterocycles. The number of carbonyl (C=O) groups excluding carboxylic acids is 2. The van der Waals surface area contributed by atoms with Gasteiger partial charge in [0.25, 0.3) is 10.0 Å². The van der Waals surface area contributed by atoms with E-state index >= 15 is 4.39 Å². The van der Waals surface area contributed by atoms with Crippen LogP contribution >= 0.6 is 11.6 Å². The van der Waals surface area contributed by atoms with Crippen molar-refractivity contribution in [1.29, 1.82) is 0 Å². The number of halogens is 2. The van der Waals surface area contributed by atoms with Gasteiger partial charge in [-0.15, -0.1) is 0 Å². The van der Waals surface area contributed by atoms with Gasteiger partial charge in [-0.25, -0.2) is 12.8 Å². The summed E-state index contributed by atoms with van der Waals surface area (Å²) in [4.78, 5) is 29.5. The van der Waals surface area contributed by atoms with Gasteiger partial charge in [-0.05, 0) is 61.4 Å². The van der Waals surface area contributed by atoms with Gasteiger partial charge in [0.2, 0.25) is 11.8 Å². The van der Waals surface area contributed by atoms with Crippen molar-refractivity contribution in [2.24, 2.45) is 0 Å². The first-order valence-corrected chi connectivity index (χ1v) is 17.2. The minimum atomic E-state index is -4.43. The van der Waals surface area contributed by atoms with E-state index in [1.807, 2.05) is 44.2 Å².